The lowest BCUT2D eigenvalue weighted by atomic mass is 10.5. The molecule has 0 saturated heterocycles. The number of aliphatic hydroxyl groups is 1. The molecule has 2 aromatic heterocycles. The molecule has 0 radical (unpaired) electrons. The molecular formula is C8H11N5OS. The van der Waals surface area contributed by atoms with Gasteiger partial charge in [-0.05, 0) is 0 Å². The molecule has 80 valence electrons. The highest BCUT2D eigenvalue weighted by atomic mass is 32.2. The van der Waals surface area contributed by atoms with Gasteiger partial charge in [0.25, 0.3) is 0 Å². The van der Waals surface area contributed by atoms with E-state index in [4.69, 9.17) is 10.8 Å². The molecule has 0 aliphatic heterocycles. The lowest BCUT2D eigenvalue weighted by molar-refractivity contribution is 0.300. The molecule has 7 heteroatoms. The van der Waals surface area contributed by atoms with E-state index in [1.54, 1.807) is 6.33 Å². The summed E-state index contributed by atoms with van der Waals surface area (Å²) >= 11 is 1.44. The van der Waals surface area contributed by atoms with Crippen LogP contribution in [0.2, 0.25) is 0 Å². The van der Waals surface area contributed by atoms with Crippen LogP contribution >= 0.6 is 11.8 Å². The number of thioether (sulfide) groups is 1. The maximum Gasteiger partial charge on any atom is 0.223 e. The van der Waals surface area contributed by atoms with E-state index in [2.05, 4.69) is 19.9 Å². The molecule has 2 heterocycles. The quantitative estimate of drug-likeness (QED) is 0.516. The van der Waals surface area contributed by atoms with Crippen molar-refractivity contribution < 1.29 is 5.11 Å². The average molecular weight is 225 g/mol. The fourth-order valence-electron chi connectivity index (χ4n) is 1.14. The molecule has 2 rings (SSSR count). The van der Waals surface area contributed by atoms with Gasteiger partial charge in [0.2, 0.25) is 5.95 Å². The zero-order valence-electron chi connectivity index (χ0n) is 8.14. The van der Waals surface area contributed by atoms with Crippen molar-refractivity contribution in [2.45, 2.75) is 17.2 Å². The van der Waals surface area contributed by atoms with Crippen LogP contribution in [-0.4, -0.2) is 36.9 Å². The molecule has 0 amide bonds. The molecule has 0 bridgehead atoms. The SMILES string of the molecule is CC(CO)Sc1nc(N)nc2nc[nH]c12. The van der Waals surface area contributed by atoms with Crippen LogP contribution in [0.3, 0.4) is 0 Å². The summed E-state index contributed by atoms with van der Waals surface area (Å²) in [5.41, 5.74) is 6.86. The normalized spacial score (nSPS) is 13.2. The Hall–Kier alpha value is -1.34. The number of H-pyrrole nitrogens is 1. The Morgan fingerprint density at radius 3 is 3.13 bits per heavy atom. The summed E-state index contributed by atoms with van der Waals surface area (Å²) < 4.78 is 0. The second kappa shape index (κ2) is 4.03. The number of nitrogens with one attached hydrogen (secondary N) is 1. The van der Waals surface area contributed by atoms with E-state index in [1.165, 1.54) is 11.8 Å². The second-order valence-corrected chi connectivity index (χ2v) is 4.53. The Balaban J connectivity index is 2.44. The van der Waals surface area contributed by atoms with E-state index in [0.29, 0.717) is 5.65 Å². The maximum absolute atomic E-state index is 8.97. The van der Waals surface area contributed by atoms with Crippen molar-refractivity contribution in [3.63, 3.8) is 0 Å². The molecule has 1 atom stereocenters. The van der Waals surface area contributed by atoms with Gasteiger partial charge in [0.1, 0.15) is 10.5 Å². The molecule has 1 unspecified atom stereocenters. The Bertz CT molecular complexity index is 471. The van der Waals surface area contributed by atoms with Gasteiger partial charge in [0.05, 0.1) is 12.9 Å². The van der Waals surface area contributed by atoms with Crippen LogP contribution in [0.15, 0.2) is 11.4 Å². The molecule has 15 heavy (non-hydrogen) atoms. The van der Waals surface area contributed by atoms with E-state index in [-0.39, 0.29) is 17.8 Å². The van der Waals surface area contributed by atoms with Crippen LogP contribution < -0.4 is 5.73 Å². The first-order chi connectivity index (χ1) is 7.20. The van der Waals surface area contributed by atoms with Gasteiger partial charge in [0.15, 0.2) is 5.65 Å². The zero-order valence-corrected chi connectivity index (χ0v) is 8.95. The van der Waals surface area contributed by atoms with Crippen LogP contribution in [0, 0.1) is 0 Å². The summed E-state index contributed by atoms with van der Waals surface area (Å²) in [7, 11) is 0. The number of imidazole rings is 1. The molecule has 6 nitrogen and oxygen atoms in total. The van der Waals surface area contributed by atoms with Crippen LogP contribution in [0.5, 0.6) is 0 Å². The summed E-state index contributed by atoms with van der Waals surface area (Å²) in [5.74, 6) is 0.197. The Morgan fingerprint density at radius 1 is 1.60 bits per heavy atom. The van der Waals surface area contributed by atoms with Gasteiger partial charge < -0.3 is 15.8 Å². The number of aromatic nitrogens is 4. The predicted molar refractivity (Wildman–Crippen MR) is 58.5 cm³/mol. The van der Waals surface area contributed by atoms with Gasteiger partial charge in [-0.25, -0.2) is 9.97 Å². The lowest BCUT2D eigenvalue weighted by Crippen LogP contribution is -2.04. The van der Waals surface area contributed by atoms with Crippen molar-refractivity contribution >= 4 is 28.9 Å². The number of nitrogens with two attached hydrogens (primary N) is 1. The first-order valence-electron chi connectivity index (χ1n) is 4.45. The number of anilines is 1. The number of nitrogens with zero attached hydrogens (tertiary/aromatic N) is 3. The van der Waals surface area contributed by atoms with E-state index in [1.807, 2.05) is 6.92 Å². The van der Waals surface area contributed by atoms with Gasteiger partial charge in [-0.15, -0.1) is 0 Å². The summed E-state index contributed by atoms with van der Waals surface area (Å²) in [5, 5.41) is 9.75. The smallest absolute Gasteiger partial charge is 0.223 e. The monoisotopic (exact) mass is 225 g/mol. The fourth-order valence-corrected chi connectivity index (χ4v) is 2.01. The average Bonchev–Trinajstić information content (AvgIpc) is 2.65. The fraction of sp³-hybridized carbons (Fsp3) is 0.375. The summed E-state index contributed by atoms with van der Waals surface area (Å²) in [6, 6.07) is 0. The number of aliphatic hydroxyl groups excluding tert-OH is 1. The summed E-state index contributed by atoms with van der Waals surface area (Å²) in [4.78, 5) is 15.0. The van der Waals surface area contributed by atoms with Crippen molar-refractivity contribution in [3.8, 4) is 0 Å². The standard InChI is InChI=1S/C8H11N5OS/c1-4(2-14)15-7-5-6(11-3-10-5)12-8(9)13-7/h3-4,14H,2H2,1H3,(H3,9,10,11,12,13). The van der Waals surface area contributed by atoms with Gasteiger partial charge >= 0.3 is 0 Å². The third-order valence-electron chi connectivity index (χ3n) is 1.84. The number of hydrogen-bond acceptors (Lipinski definition) is 6. The second-order valence-electron chi connectivity index (χ2n) is 3.10. The van der Waals surface area contributed by atoms with Gasteiger partial charge in [0, 0.05) is 5.25 Å². The van der Waals surface area contributed by atoms with Crippen LogP contribution in [0.4, 0.5) is 5.95 Å². The maximum atomic E-state index is 8.97. The number of fused-ring (bicyclic) bond motifs is 1. The summed E-state index contributed by atoms with van der Waals surface area (Å²) in [6.45, 7) is 2.00. The van der Waals surface area contributed by atoms with Crippen molar-refractivity contribution in [3.05, 3.63) is 6.33 Å². The van der Waals surface area contributed by atoms with E-state index in [9.17, 15) is 0 Å². The largest absolute Gasteiger partial charge is 0.395 e. The number of nitrogen functional groups attached to an aromatic ring is 1. The third-order valence-corrected chi connectivity index (χ3v) is 2.91. The predicted octanol–water partition coefficient (Wildman–Crippen LogP) is 0.408. The van der Waals surface area contributed by atoms with Crippen molar-refractivity contribution in [2.24, 2.45) is 0 Å². The van der Waals surface area contributed by atoms with E-state index in [0.717, 1.165) is 10.5 Å². The Morgan fingerprint density at radius 2 is 2.40 bits per heavy atom. The Kier molecular flexibility index (Phi) is 2.74. The minimum Gasteiger partial charge on any atom is -0.395 e. The first kappa shape index (κ1) is 10.2. The van der Waals surface area contributed by atoms with Gasteiger partial charge in [-0.2, -0.15) is 4.98 Å². The number of hydrogen-bond donors (Lipinski definition) is 3. The highest BCUT2D eigenvalue weighted by Crippen LogP contribution is 2.26. The van der Waals surface area contributed by atoms with Gasteiger partial charge in [-0.1, -0.05) is 18.7 Å². The molecule has 0 aromatic carbocycles. The van der Waals surface area contributed by atoms with Crippen LogP contribution in [-0.2, 0) is 0 Å². The molecule has 0 fully saturated rings. The van der Waals surface area contributed by atoms with Gasteiger partial charge in [-0.3, -0.25) is 0 Å². The molecule has 0 saturated carbocycles. The number of aromatic amines is 1. The highest BCUT2D eigenvalue weighted by Gasteiger charge is 2.11. The van der Waals surface area contributed by atoms with E-state index < -0.39 is 0 Å². The molecule has 2 aromatic rings. The molecular weight excluding hydrogens is 214 g/mol. The topological polar surface area (TPSA) is 101 Å². The highest BCUT2D eigenvalue weighted by molar-refractivity contribution is 8.00. The molecule has 0 spiro atoms. The third kappa shape index (κ3) is 2.02. The minimum atomic E-state index is 0.0609. The van der Waals surface area contributed by atoms with Crippen molar-refractivity contribution in [2.75, 3.05) is 12.3 Å². The summed E-state index contributed by atoms with van der Waals surface area (Å²) in [6.07, 6.45) is 1.55. The Labute approximate surface area is 90.3 Å². The van der Waals surface area contributed by atoms with Crippen molar-refractivity contribution in [1.82, 2.24) is 19.9 Å². The van der Waals surface area contributed by atoms with Crippen molar-refractivity contribution in [1.29, 1.82) is 0 Å². The molecule has 4 N–H and O–H groups in total. The zero-order chi connectivity index (χ0) is 10.8. The first-order valence-corrected chi connectivity index (χ1v) is 5.32. The van der Waals surface area contributed by atoms with E-state index >= 15 is 0 Å². The van der Waals surface area contributed by atoms with Crippen LogP contribution in [0.25, 0.3) is 11.2 Å². The molecule has 0 aliphatic carbocycles. The number of rotatable bonds is 3. The van der Waals surface area contributed by atoms with Crippen LogP contribution in [0.1, 0.15) is 6.92 Å². The molecule has 0 aliphatic rings. The lowest BCUT2D eigenvalue weighted by Gasteiger charge is -2.07. The minimum absolute atomic E-state index is 0.0609.